The Morgan fingerprint density at radius 2 is 2.00 bits per heavy atom. The van der Waals surface area contributed by atoms with Crippen molar-refractivity contribution in [3.63, 3.8) is 0 Å². The quantitative estimate of drug-likeness (QED) is 0.508. The minimum absolute atomic E-state index is 0.0756. The molecule has 0 spiro atoms. The smallest absolute Gasteiger partial charge is 0.162 e. The molecule has 0 bridgehead atoms. The molecule has 0 aromatic carbocycles. The Morgan fingerprint density at radius 3 is 2.57 bits per heavy atom. The van der Waals surface area contributed by atoms with Crippen LogP contribution in [-0.4, -0.2) is 17.5 Å². The van der Waals surface area contributed by atoms with Gasteiger partial charge in [-0.05, 0) is 39.7 Å². The van der Waals surface area contributed by atoms with E-state index < -0.39 is 0 Å². The van der Waals surface area contributed by atoms with Gasteiger partial charge in [0.2, 0.25) is 0 Å². The van der Waals surface area contributed by atoms with Crippen LogP contribution in [-0.2, 0) is 0 Å². The summed E-state index contributed by atoms with van der Waals surface area (Å²) in [5.41, 5.74) is 0.536. The summed E-state index contributed by atoms with van der Waals surface area (Å²) in [5, 5.41) is 11.7. The molecule has 2 rings (SSSR count). The highest BCUT2D eigenvalue weighted by atomic mass is 32.1. The van der Waals surface area contributed by atoms with E-state index in [1.54, 1.807) is 0 Å². The van der Waals surface area contributed by atoms with Gasteiger partial charge in [0, 0.05) is 5.41 Å². The van der Waals surface area contributed by atoms with Crippen molar-refractivity contribution in [1.82, 2.24) is 0 Å². The molecule has 1 N–H and O–H groups in total. The van der Waals surface area contributed by atoms with E-state index >= 15 is 0 Å². The van der Waals surface area contributed by atoms with Gasteiger partial charge in [-0.2, -0.15) is 0 Å². The molecule has 1 heterocycles. The van der Waals surface area contributed by atoms with Crippen LogP contribution in [0.3, 0.4) is 0 Å². The van der Waals surface area contributed by atoms with Gasteiger partial charge in [-0.25, -0.2) is 0 Å². The van der Waals surface area contributed by atoms with Crippen LogP contribution in [0.5, 0.6) is 0 Å². The number of carbonyl (C=O) groups is 1. The second-order valence-electron chi connectivity index (χ2n) is 6.61. The molecule has 0 unspecified atom stereocenters. The minimum atomic E-state index is -0.0756. The third-order valence-corrected chi connectivity index (χ3v) is 4.54. The van der Waals surface area contributed by atoms with Gasteiger partial charge >= 0.3 is 0 Å². The Kier molecular flexibility index (Phi) is 5.08. The van der Waals surface area contributed by atoms with Gasteiger partial charge in [0.25, 0.3) is 0 Å². The maximum absolute atomic E-state index is 11.3. The first kappa shape index (κ1) is 16.1. The standard InChI is InChI=1S/C17H23NO2S/c1-17(2,3)10-9-14-11-15(16(12-19)21-14)18(20)13-7-5-4-6-8-13/h11-13,20H,4-8H2,1-3H3. The molecule has 1 aromatic rings. The van der Waals surface area contributed by atoms with Crippen molar-refractivity contribution in [3.05, 3.63) is 15.8 Å². The summed E-state index contributed by atoms with van der Waals surface area (Å²) in [6.07, 6.45) is 6.28. The van der Waals surface area contributed by atoms with Gasteiger partial charge in [-0.3, -0.25) is 15.1 Å². The van der Waals surface area contributed by atoms with E-state index in [9.17, 15) is 10.0 Å². The van der Waals surface area contributed by atoms with Crippen LogP contribution in [0, 0.1) is 17.3 Å². The molecular weight excluding hydrogens is 282 g/mol. The number of thiophene rings is 1. The van der Waals surface area contributed by atoms with Crippen LogP contribution in [0.25, 0.3) is 0 Å². The van der Waals surface area contributed by atoms with E-state index in [2.05, 4.69) is 32.6 Å². The van der Waals surface area contributed by atoms with Gasteiger partial charge < -0.3 is 0 Å². The molecular formula is C17H23NO2S. The Balaban J connectivity index is 2.23. The van der Waals surface area contributed by atoms with Gasteiger partial charge in [0.1, 0.15) is 0 Å². The number of rotatable bonds is 3. The molecule has 0 amide bonds. The normalized spacial score (nSPS) is 16.2. The first-order chi connectivity index (χ1) is 9.90. The molecule has 3 nitrogen and oxygen atoms in total. The Hall–Kier alpha value is -1.31. The summed E-state index contributed by atoms with van der Waals surface area (Å²) in [7, 11) is 0. The number of hydrogen-bond donors (Lipinski definition) is 1. The molecule has 1 fully saturated rings. The number of nitrogens with zero attached hydrogens (tertiary/aromatic N) is 1. The highest BCUT2D eigenvalue weighted by Crippen LogP contribution is 2.32. The van der Waals surface area contributed by atoms with E-state index in [0.717, 1.165) is 36.8 Å². The highest BCUT2D eigenvalue weighted by Gasteiger charge is 2.23. The zero-order valence-corrected chi connectivity index (χ0v) is 13.8. The number of aldehydes is 1. The Bertz CT molecular complexity index is 554. The van der Waals surface area contributed by atoms with E-state index in [1.165, 1.54) is 22.8 Å². The van der Waals surface area contributed by atoms with Crippen molar-refractivity contribution in [2.24, 2.45) is 5.41 Å². The predicted octanol–water partition coefficient (Wildman–Crippen LogP) is 4.49. The third-order valence-electron chi connectivity index (χ3n) is 3.58. The lowest BCUT2D eigenvalue weighted by molar-refractivity contribution is 0.112. The minimum Gasteiger partial charge on any atom is -0.297 e. The summed E-state index contributed by atoms with van der Waals surface area (Å²) < 4.78 is 0. The number of carbonyl (C=O) groups excluding carboxylic acids is 1. The summed E-state index contributed by atoms with van der Waals surface area (Å²) in [6.45, 7) is 6.15. The molecule has 0 atom stereocenters. The maximum atomic E-state index is 11.3. The fourth-order valence-electron chi connectivity index (χ4n) is 2.49. The van der Waals surface area contributed by atoms with Crippen LogP contribution >= 0.6 is 11.3 Å². The van der Waals surface area contributed by atoms with Crippen molar-refractivity contribution in [3.8, 4) is 11.8 Å². The van der Waals surface area contributed by atoms with Crippen molar-refractivity contribution >= 4 is 23.3 Å². The van der Waals surface area contributed by atoms with Gasteiger partial charge in [-0.15, -0.1) is 11.3 Å². The van der Waals surface area contributed by atoms with Gasteiger partial charge in [-0.1, -0.05) is 31.1 Å². The summed E-state index contributed by atoms with van der Waals surface area (Å²) in [5.74, 6) is 6.27. The molecule has 0 radical (unpaired) electrons. The summed E-state index contributed by atoms with van der Waals surface area (Å²) in [6, 6.07) is 1.96. The lowest BCUT2D eigenvalue weighted by atomic mass is 9.95. The van der Waals surface area contributed by atoms with E-state index in [0.29, 0.717) is 10.6 Å². The molecule has 0 aliphatic heterocycles. The second-order valence-corrected chi connectivity index (χ2v) is 7.70. The van der Waals surface area contributed by atoms with Crippen molar-refractivity contribution in [2.75, 3.05) is 5.06 Å². The fourth-order valence-corrected chi connectivity index (χ4v) is 3.31. The number of hydroxylamine groups is 1. The average Bonchev–Trinajstić information content (AvgIpc) is 2.88. The molecule has 114 valence electrons. The lowest BCUT2D eigenvalue weighted by Gasteiger charge is -2.30. The van der Waals surface area contributed by atoms with Crippen LogP contribution in [0.15, 0.2) is 6.07 Å². The lowest BCUT2D eigenvalue weighted by Crippen LogP contribution is -2.34. The second kappa shape index (κ2) is 6.64. The fraction of sp³-hybridized carbons (Fsp3) is 0.588. The topological polar surface area (TPSA) is 40.5 Å². The van der Waals surface area contributed by atoms with Crippen LogP contribution in [0.2, 0.25) is 0 Å². The molecule has 1 aliphatic carbocycles. The van der Waals surface area contributed by atoms with Crippen LogP contribution in [0.1, 0.15) is 67.4 Å². The Labute approximate surface area is 130 Å². The largest absolute Gasteiger partial charge is 0.297 e. The van der Waals surface area contributed by atoms with Crippen LogP contribution in [0.4, 0.5) is 5.69 Å². The maximum Gasteiger partial charge on any atom is 0.162 e. The summed E-state index contributed by atoms with van der Waals surface area (Å²) >= 11 is 1.35. The molecule has 21 heavy (non-hydrogen) atoms. The first-order valence-corrected chi connectivity index (χ1v) is 8.32. The number of anilines is 1. The molecule has 1 saturated carbocycles. The summed E-state index contributed by atoms with van der Waals surface area (Å²) in [4.78, 5) is 12.6. The van der Waals surface area contributed by atoms with Crippen molar-refractivity contribution < 1.29 is 10.0 Å². The van der Waals surface area contributed by atoms with E-state index in [1.807, 2.05) is 6.07 Å². The number of hydrogen-bond acceptors (Lipinski definition) is 4. The highest BCUT2D eigenvalue weighted by molar-refractivity contribution is 7.14. The average molecular weight is 305 g/mol. The van der Waals surface area contributed by atoms with Crippen molar-refractivity contribution in [2.45, 2.75) is 58.9 Å². The van der Waals surface area contributed by atoms with E-state index in [4.69, 9.17) is 0 Å². The molecule has 0 saturated heterocycles. The third kappa shape index (κ3) is 4.33. The van der Waals surface area contributed by atoms with Crippen molar-refractivity contribution in [1.29, 1.82) is 0 Å². The molecule has 1 aromatic heterocycles. The Morgan fingerprint density at radius 1 is 1.33 bits per heavy atom. The van der Waals surface area contributed by atoms with E-state index in [-0.39, 0.29) is 11.5 Å². The van der Waals surface area contributed by atoms with Gasteiger partial charge in [0.05, 0.1) is 21.5 Å². The zero-order valence-electron chi connectivity index (χ0n) is 13.0. The first-order valence-electron chi connectivity index (χ1n) is 7.51. The molecule has 4 heteroatoms. The molecule has 1 aliphatic rings. The monoisotopic (exact) mass is 305 g/mol. The zero-order chi connectivity index (χ0) is 15.5. The van der Waals surface area contributed by atoms with Gasteiger partial charge in [0.15, 0.2) is 6.29 Å². The predicted molar refractivity (Wildman–Crippen MR) is 87.2 cm³/mol. The van der Waals surface area contributed by atoms with Crippen LogP contribution < -0.4 is 5.06 Å². The SMILES string of the molecule is CC(C)(C)C#Cc1cc(N(O)C2CCCCC2)c(C=O)s1.